The number of nitrogens with zero attached hydrogens (tertiary/aromatic N) is 1. The summed E-state index contributed by atoms with van der Waals surface area (Å²) in [5, 5.41) is 0. The molecule has 0 aliphatic carbocycles. The smallest absolute Gasteiger partial charge is 0.329 e. The van der Waals surface area contributed by atoms with E-state index in [-0.39, 0.29) is 19.1 Å². The van der Waals surface area contributed by atoms with Crippen LogP contribution in [0.3, 0.4) is 0 Å². The maximum Gasteiger partial charge on any atom is 0.472 e. The minimum absolute atomic E-state index is 0.220. The first-order chi connectivity index (χ1) is 7.16. The van der Waals surface area contributed by atoms with Gasteiger partial charge < -0.3 is 9.38 Å². The van der Waals surface area contributed by atoms with E-state index in [2.05, 4.69) is 0 Å². The van der Waals surface area contributed by atoms with Crippen molar-refractivity contribution in [3.8, 4) is 0 Å². The summed E-state index contributed by atoms with van der Waals surface area (Å²) in [5.41, 5.74) is 0. The highest BCUT2D eigenvalue weighted by Crippen LogP contribution is 2.43. The molecule has 6 heteroatoms. The molecule has 0 aromatic heterocycles. The highest BCUT2D eigenvalue weighted by Gasteiger charge is 2.22. The van der Waals surface area contributed by atoms with Gasteiger partial charge in [-0.1, -0.05) is 20.3 Å². The van der Waals surface area contributed by atoms with Crippen molar-refractivity contribution < 1.29 is 23.0 Å². The average molecular weight is 254 g/mol. The maximum atomic E-state index is 11.4. The molecule has 0 radical (unpaired) electrons. The summed E-state index contributed by atoms with van der Waals surface area (Å²) in [5.74, 6) is 0.266. The van der Waals surface area contributed by atoms with Crippen molar-refractivity contribution in [3.63, 3.8) is 0 Å². The second kappa shape index (κ2) is 6.72. The molecule has 5 nitrogen and oxygen atoms in total. The van der Waals surface area contributed by atoms with E-state index < -0.39 is 7.82 Å². The van der Waals surface area contributed by atoms with Gasteiger partial charge in [0.05, 0.1) is 27.7 Å². The molecule has 0 saturated heterocycles. The zero-order chi connectivity index (χ0) is 12.8. The Morgan fingerprint density at radius 2 is 1.88 bits per heavy atom. The van der Waals surface area contributed by atoms with Crippen LogP contribution in [-0.4, -0.2) is 50.3 Å². The van der Waals surface area contributed by atoms with Gasteiger partial charge in [-0.25, -0.2) is 4.57 Å². The van der Waals surface area contributed by atoms with E-state index in [1.54, 1.807) is 0 Å². The molecule has 0 fully saturated rings. The molecule has 0 aliphatic heterocycles. The zero-order valence-corrected chi connectivity index (χ0v) is 11.9. The molecule has 98 valence electrons. The molecular weight excluding hydrogens is 229 g/mol. The fourth-order valence-corrected chi connectivity index (χ4v) is 1.64. The summed E-state index contributed by atoms with van der Waals surface area (Å²) >= 11 is 0. The third-order valence-corrected chi connectivity index (χ3v) is 3.22. The van der Waals surface area contributed by atoms with Gasteiger partial charge in [0.1, 0.15) is 13.2 Å². The SMILES string of the molecule is CCC(C)COP(=O)(O)OCC[N+](C)(C)C. The van der Waals surface area contributed by atoms with Gasteiger partial charge in [0.2, 0.25) is 0 Å². The van der Waals surface area contributed by atoms with E-state index in [9.17, 15) is 9.46 Å². The largest absolute Gasteiger partial charge is 0.472 e. The third-order valence-electron chi connectivity index (χ3n) is 2.24. The van der Waals surface area contributed by atoms with Gasteiger partial charge in [0, 0.05) is 0 Å². The van der Waals surface area contributed by atoms with Crippen LogP contribution in [0.25, 0.3) is 0 Å². The Morgan fingerprint density at radius 3 is 2.31 bits per heavy atom. The van der Waals surface area contributed by atoms with Crippen LogP contribution < -0.4 is 0 Å². The summed E-state index contributed by atoms with van der Waals surface area (Å²) in [6.45, 7) is 5.12. The molecule has 0 aromatic rings. The normalized spacial score (nSPS) is 18.1. The molecule has 0 bridgehead atoms. The lowest BCUT2D eigenvalue weighted by atomic mass is 10.1. The molecular formula is C10H25NO4P+. The predicted octanol–water partition coefficient (Wildman–Crippen LogP) is 1.87. The van der Waals surface area contributed by atoms with E-state index in [4.69, 9.17) is 9.05 Å². The quantitative estimate of drug-likeness (QED) is 0.530. The molecule has 0 rings (SSSR count). The van der Waals surface area contributed by atoms with Crippen LogP contribution in [0.4, 0.5) is 0 Å². The Kier molecular flexibility index (Phi) is 6.75. The number of rotatable bonds is 8. The summed E-state index contributed by atoms with van der Waals surface area (Å²) in [6, 6.07) is 0. The molecule has 2 unspecified atom stereocenters. The Labute approximate surface area is 98.6 Å². The van der Waals surface area contributed by atoms with Crippen LogP contribution in [0.15, 0.2) is 0 Å². The predicted molar refractivity (Wildman–Crippen MR) is 64.1 cm³/mol. The summed E-state index contributed by atoms with van der Waals surface area (Å²) in [6.07, 6.45) is 0.916. The van der Waals surface area contributed by atoms with Crippen LogP contribution in [-0.2, 0) is 13.6 Å². The van der Waals surface area contributed by atoms with E-state index in [0.717, 1.165) is 6.42 Å². The number of hydrogen-bond donors (Lipinski definition) is 1. The molecule has 16 heavy (non-hydrogen) atoms. The van der Waals surface area contributed by atoms with Crippen LogP contribution in [0.2, 0.25) is 0 Å². The minimum Gasteiger partial charge on any atom is -0.329 e. The second-order valence-electron chi connectivity index (χ2n) is 5.12. The standard InChI is InChI=1S/C10H24NO4P/c1-6-10(2)9-15-16(12,13)14-8-7-11(3,4)5/h10H,6-9H2,1-5H3/p+1. The number of phosphoric ester groups is 1. The molecule has 0 saturated carbocycles. The molecule has 0 aliphatic rings. The van der Waals surface area contributed by atoms with E-state index in [1.165, 1.54) is 0 Å². The average Bonchev–Trinajstić information content (AvgIpc) is 2.12. The van der Waals surface area contributed by atoms with Crippen molar-refractivity contribution in [1.29, 1.82) is 0 Å². The lowest BCUT2D eigenvalue weighted by Gasteiger charge is -2.24. The van der Waals surface area contributed by atoms with Crippen molar-refractivity contribution in [1.82, 2.24) is 0 Å². The van der Waals surface area contributed by atoms with Gasteiger partial charge in [-0.15, -0.1) is 0 Å². The molecule has 2 atom stereocenters. The second-order valence-corrected chi connectivity index (χ2v) is 6.58. The van der Waals surface area contributed by atoms with Crippen molar-refractivity contribution in [2.75, 3.05) is 40.9 Å². The van der Waals surface area contributed by atoms with Crippen LogP contribution in [0, 0.1) is 5.92 Å². The fourth-order valence-electron chi connectivity index (χ4n) is 0.807. The van der Waals surface area contributed by atoms with Crippen LogP contribution in [0.5, 0.6) is 0 Å². The highest BCUT2D eigenvalue weighted by molar-refractivity contribution is 7.47. The molecule has 0 aromatic carbocycles. The van der Waals surface area contributed by atoms with Crippen molar-refractivity contribution >= 4 is 7.82 Å². The maximum absolute atomic E-state index is 11.4. The Balaban J connectivity index is 3.83. The number of phosphoric acid groups is 1. The number of hydrogen-bond acceptors (Lipinski definition) is 3. The van der Waals surface area contributed by atoms with Crippen molar-refractivity contribution in [3.05, 3.63) is 0 Å². The first-order valence-corrected chi connectivity index (χ1v) is 7.08. The molecule has 0 heterocycles. The van der Waals surface area contributed by atoms with Crippen LogP contribution >= 0.6 is 7.82 Å². The molecule has 0 amide bonds. The monoisotopic (exact) mass is 254 g/mol. The number of quaternary nitrogens is 1. The van der Waals surface area contributed by atoms with Gasteiger partial charge in [0.25, 0.3) is 0 Å². The summed E-state index contributed by atoms with van der Waals surface area (Å²) < 4.78 is 21.9. The van der Waals surface area contributed by atoms with Crippen molar-refractivity contribution in [2.45, 2.75) is 20.3 Å². The Hall–Kier alpha value is 0.0700. The first kappa shape index (κ1) is 16.1. The summed E-state index contributed by atoms with van der Waals surface area (Å²) in [4.78, 5) is 9.36. The van der Waals surface area contributed by atoms with Gasteiger partial charge in [-0.3, -0.25) is 9.05 Å². The highest BCUT2D eigenvalue weighted by atomic mass is 31.2. The lowest BCUT2D eigenvalue weighted by Crippen LogP contribution is -2.37. The molecule has 1 N–H and O–H groups in total. The Bertz CT molecular complexity index is 239. The first-order valence-electron chi connectivity index (χ1n) is 5.58. The van der Waals surface area contributed by atoms with E-state index in [0.29, 0.717) is 11.0 Å². The zero-order valence-electron chi connectivity index (χ0n) is 11.0. The van der Waals surface area contributed by atoms with Gasteiger partial charge >= 0.3 is 7.82 Å². The summed E-state index contributed by atoms with van der Waals surface area (Å²) in [7, 11) is 2.12. The van der Waals surface area contributed by atoms with Crippen LogP contribution in [0.1, 0.15) is 20.3 Å². The van der Waals surface area contributed by atoms with Gasteiger partial charge in [-0.05, 0) is 5.92 Å². The molecule has 0 spiro atoms. The van der Waals surface area contributed by atoms with E-state index in [1.807, 2.05) is 35.0 Å². The lowest BCUT2D eigenvalue weighted by molar-refractivity contribution is -0.870. The minimum atomic E-state index is -3.86. The topological polar surface area (TPSA) is 55.8 Å². The van der Waals surface area contributed by atoms with Gasteiger partial charge in [-0.2, -0.15) is 0 Å². The number of likely N-dealkylation sites (N-methyl/N-ethyl adjacent to an activating group) is 1. The van der Waals surface area contributed by atoms with Crippen molar-refractivity contribution in [2.24, 2.45) is 5.92 Å². The third kappa shape index (κ3) is 9.31. The van der Waals surface area contributed by atoms with E-state index >= 15 is 0 Å². The fraction of sp³-hybridized carbons (Fsp3) is 1.00. The van der Waals surface area contributed by atoms with Gasteiger partial charge in [0.15, 0.2) is 0 Å². The Morgan fingerprint density at radius 1 is 1.31 bits per heavy atom.